The first-order chi connectivity index (χ1) is 13.2. The summed E-state index contributed by atoms with van der Waals surface area (Å²) in [4.78, 5) is 23.5. The van der Waals surface area contributed by atoms with Gasteiger partial charge in [-0.1, -0.05) is 17.3 Å². The molecule has 140 valence electrons. The fourth-order valence-corrected chi connectivity index (χ4v) is 3.51. The van der Waals surface area contributed by atoms with Gasteiger partial charge in [0.05, 0.1) is 24.4 Å². The molecule has 0 saturated carbocycles. The standard InChI is InChI=1S/C19H21N5O3/c1-12-16-17(20-11-21-19(16)27-23-12)24-9-5-6-13(10-24)18(25)22-14-7-3-4-8-15(14)26-2/h3-4,7-8,11,13H,5-6,9-10H2,1-2H3,(H,22,25)/t13-/m0/s1. The summed E-state index contributed by atoms with van der Waals surface area (Å²) in [5, 5.41) is 7.78. The van der Waals surface area contributed by atoms with E-state index in [0.717, 1.165) is 36.3 Å². The minimum atomic E-state index is -0.145. The molecule has 1 aliphatic heterocycles. The Morgan fingerprint density at radius 1 is 1.33 bits per heavy atom. The first-order valence-corrected chi connectivity index (χ1v) is 8.93. The number of amides is 1. The topological polar surface area (TPSA) is 93.4 Å². The number of nitrogens with one attached hydrogen (secondary N) is 1. The minimum absolute atomic E-state index is 0.0171. The summed E-state index contributed by atoms with van der Waals surface area (Å²) < 4.78 is 10.6. The van der Waals surface area contributed by atoms with Gasteiger partial charge in [0.25, 0.3) is 5.71 Å². The van der Waals surface area contributed by atoms with Crippen molar-refractivity contribution in [3.05, 3.63) is 36.3 Å². The highest BCUT2D eigenvalue weighted by Gasteiger charge is 2.29. The van der Waals surface area contributed by atoms with Gasteiger partial charge in [-0.15, -0.1) is 0 Å². The quantitative estimate of drug-likeness (QED) is 0.758. The van der Waals surface area contributed by atoms with Crippen molar-refractivity contribution in [2.45, 2.75) is 19.8 Å². The maximum atomic E-state index is 12.8. The van der Waals surface area contributed by atoms with Crippen LogP contribution in [0.3, 0.4) is 0 Å². The van der Waals surface area contributed by atoms with E-state index in [1.165, 1.54) is 6.33 Å². The Hall–Kier alpha value is -3.16. The predicted octanol–water partition coefficient (Wildman–Crippen LogP) is 2.79. The molecule has 1 N–H and O–H groups in total. The summed E-state index contributed by atoms with van der Waals surface area (Å²) in [6.07, 6.45) is 3.20. The van der Waals surface area contributed by atoms with E-state index in [9.17, 15) is 4.79 Å². The van der Waals surface area contributed by atoms with Crippen LogP contribution in [0.5, 0.6) is 5.75 Å². The molecular weight excluding hydrogens is 346 g/mol. The van der Waals surface area contributed by atoms with E-state index in [0.29, 0.717) is 23.7 Å². The van der Waals surface area contributed by atoms with Gasteiger partial charge in [0, 0.05) is 13.1 Å². The van der Waals surface area contributed by atoms with Gasteiger partial charge in [-0.3, -0.25) is 4.79 Å². The maximum absolute atomic E-state index is 12.8. The van der Waals surface area contributed by atoms with E-state index in [-0.39, 0.29) is 11.8 Å². The molecule has 3 heterocycles. The van der Waals surface area contributed by atoms with Crippen LogP contribution in [-0.4, -0.2) is 41.2 Å². The lowest BCUT2D eigenvalue weighted by Gasteiger charge is -2.33. The van der Waals surface area contributed by atoms with Gasteiger partial charge in [-0.05, 0) is 31.9 Å². The molecule has 27 heavy (non-hydrogen) atoms. The molecule has 8 heteroatoms. The zero-order valence-corrected chi connectivity index (χ0v) is 15.3. The monoisotopic (exact) mass is 367 g/mol. The molecule has 0 spiro atoms. The maximum Gasteiger partial charge on any atom is 0.263 e. The Bertz CT molecular complexity index is 971. The number of fused-ring (bicyclic) bond motifs is 1. The smallest absolute Gasteiger partial charge is 0.263 e. The average Bonchev–Trinajstić information content (AvgIpc) is 3.09. The molecular formula is C19H21N5O3. The van der Waals surface area contributed by atoms with Crippen LogP contribution in [0.1, 0.15) is 18.5 Å². The van der Waals surface area contributed by atoms with Crippen molar-refractivity contribution in [2.75, 3.05) is 30.4 Å². The van der Waals surface area contributed by atoms with Crippen molar-refractivity contribution in [1.82, 2.24) is 15.1 Å². The van der Waals surface area contributed by atoms with Gasteiger partial charge < -0.3 is 19.5 Å². The van der Waals surface area contributed by atoms with Crippen LogP contribution in [0.25, 0.3) is 11.1 Å². The average molecular weight is 367 g/mol. The Morgan fingerprint density at radius 2 is 2.19 bits per heavy atom. The van der Waals surface area contributed by atoms with Crippen molar-refractivity contribution in [1.29, 1.82) is 0 Å². The van der Waals surface area contributed by atoms with Crippen molar-refractivity contribution in [3.63, 3.8) is 0 Å². The van der Waals surface area contributed by atoms with Gasteiger partial charge in [0.2, 0.25) is 5.91 Å². The molecule has 1 fully saturated rings. The number of aromatic nitrogens is 3. The van der Waals surface area contributed by atoms with Gasteiger partial charge in [0.15, 0.2) is 0 Å². The normalized spacial score (nSPS) is 17.1. The number of aryl methyl sites for hydroxylation is 1. The number of anilines is 2. The third-order valence-electron chi connectivity index (χ3n) is 4.88. The zero-order valence-electron chi connectivity index (χ0n) is 15.3. The molecule has 0 bridgehead atoms. The van der Waals surface area contributed by atoms with E-state index in [4.69, 9.17) is 9.26 Å². The van der Waals surface area contributed by atoms with Gasteiger partial charge in [-0.25, -0.2) is 4.98 Å². The minimum Gasteiger partial charge on any atom is -0.495 e. The molecule has 4 rings (SSSR count). The summed E-state index contributed by atoms with van der Waals surface area (Å²) in [7, 11) is 1.59. The van der Waals surface area contributed by atoms with E-state index in [2.05, 4.69) is 25.3 Å². The van der Waals surface area contributed by atoms with Crippen molar-refractivity contribution >= 4 is 28.5 Å². The number of hydrogen-bond donors (Lipinski definition) is 1. The van der Waals surface area contributed by atoms with Crippen LogP contribution in [0.4, 0.5) is 11.5 Å². The van der Waals surface area contributed by atoms with Crippen molar-refractivity contribution in [3.8, 4) is 5.75 Å². The van der Waals surface area contributed by atoms with E-state index < -0.39 is 0 Å². The Kier molecular flexibility index (Phi) is 4.62. The molecule has 2 aromatic heterocycles. The third kappa shape index (κ3) is 3.30. The lowest BCUT2D eigenvalue weighted by Crippen LogP contribution is -2.41. The number of carbonyl (C=O) groups is 1. The zero-order chi connectivity index (χ0) is 18.8. The summed E-state index contributed by atoms with van der Waals surface area (Å²) in [5.74, 6) is 1.26. The number of nitrogens with zero attached hydrogens (tertiary/aromatic N) is 4. The van der Waals surface area contributed by atoms with Gasteiger partial charge in [0.1, 0.15) is 23.3 Å². The van der Waals surface area contributed by atoms with Gasteiger partial charge in [-0.2, -0.15) is 4.98 Å². The Morgan fingerprint density at radius 3 is 3.04 bits per heavy atom. The van der Waals surface area contributed by atoms with Crippen LogP contribution in [0, 0.1) is 12.8 Å². The van der Waals surface area contributed by atoms with Crippen LogP contribution in [0.15, 0.2) is 35.1 Å². The second-order valence-electron chi connectivity index (χ2n) is 6.62. The number of methoxy groups -OCH3 is 1. The molecule has 3 aromatic rings. The van der Waals surface area contributed by atoms with Gasteiger partial charge >= 0.3 is 0 Å². The molecule has 1 aromatic carbocycles. The lowest BCUT2D eigenvalue weighted by molar-refractivity contribution is -0.120. The van der Waals surface area contributed by atoms with Crippen LogP contribution in [-0.2, 0) is 4.79 Å². The summed E-state index contributed by atoms with van der Waals surface area (Å²) in [6.45, 7) is 3.28. The second-order valence-corrected chi connectivity index (χ2v) is 6.62. The fraction of sp³-hybridized carbons (Fsp3) is 0.368. The number of hydrogen-bond acceptors (Lipinski definition) is 7. The molecule has 1 saturated heterocycles. The Balaban J connectivity index is 1.54. The first kappa shape index (κ1) is 17.3. The highest BCUT2D eigenvalue weighted by molar-refractivity contribution is 5.95. The second kappa shape index (κ2) is 7.22. The SMILES string of the molecule is COc1ccccc1NC(=O)[C@H]1CCCN(c2ncnc3onc(C)c23)C1. The summed E-state index contributed by atoms with van der Waals surface area (Å²) >= 11 is 0. The summed E-state index contributed by atoms with van der Waals surface area (Å²) in [5.41, 5.74) is 1.90. The Labute approximate surface area is 156 Å². The van der Waals surface area contributed by atoms with E-state index >= 15 is 0 Å². The number of para-hydroxylation sites is 2. The molecule has 0 radical (unpaired) electrons. The molecule has 1 atom stereocenters. The number of carbonyl (C=O) groups excluding carboxylic acids is 1. The largest absolute Gasteiger partial charge is 0.495 e. The van der Waals surface area contributed by atoms with Crippen LogP contribution >= 0.6 is 0 Å². The molecule has 0 unspecified atom stereocenters. The first-order valence-electron chi connectivity index (χ1n) is 8.93. The van der Waals surface area contributed by atoms with E-state index in [1.807, 2.05) is 31.2 Å². The van der Waals surface area contributed by atoms with Crippen molar-refractivity contribution in [2.24, 2.45) is 5.92 Å². The molecule has 1 amide bonds. The summed E-state index contributed by atoms with van der Waals surface area (Å²) in [6, 6.07) is 7.41. The third-order valence-corrected chi connectivity index (χ3v) is 4.88. The van der Waals surface area contributed by atoms with Crippen LogP contribution in [0.2, 0.25) is 0 Å². The molecule has 0 aliphatic carbocycles. The highest BCUT2D eigenvalue weighted by Crippen LogP contribution is 2.30. The number of ether oxygens (including phenoxy) is 1. The number of rotatable bonds is 4. The molecule has 1 aliphatic rings. The van der Waals surface area contributed by atoms with E-state index in [1.54, 1.807) is 7.11 Å². The van der Waals surface area contributed by atoms with Crippen molar-refractivity contribution < 1.29 is 14.1 Å². The fourth-order valence-electron chi connectivity index (χ4n) is 3.51. The lowest BCUT2D eigenvalue weighted by atomic mass is 9.96. The number of piperidine rings is 1. The predicted molar refractivity (Wildman–Crippen MR) is 101 cm³/mol. The number of benzene rings is 1. The molecule has 8 nitrogen and oxygen atoms in total. The highest BCUT2D eigenvalue weighted by atomic mass is 16.5. The van der Waals surface area contributed by atoms with Crippen LogP contribution < -0.4 is 15.0 Å².